The minimum atomic E-state index is -0.0141. The van der Waals surface area contributed by atoms with E-state index < -0.39 is 0 Å². The van der Waals surface area contributed by atoms with Gasteiger partial charge in [-0.2, -0.15) is 0 Å². The molecular formula is C14H20O4. The molecule has 0 saturated heterocycles. The second kappa shape index (κ2) is 7.71. The fourth-order valence-corrected chi connectivity index (χ4v) is 1.46. The Morgan fingerprint density at radius 3 is 2.67 bits per heavy atom. The van der Waals surface area contributed by atoms with Crippen LogP contribution in [0.2, 0.25) is 0 Å². The van der Waals surface area contributed by atoms with E-state index in [4.69, 9.17) is 14.2 Å². The van der Waals surface area contributed by atoms with Crippen molar-refractivity contribution in [1.29, 1.82) is 0 Å². The summed E-state index contributed by atoms with van der Waals surface area (Å²) in [7, 11) is 1.56. The normalized spacial score (nSPS) is 10.2. The molecule has 0 aromatic heterocycles. The maximum atomic E-state index is 11.5. The molecule has 0 unspecified atom stereocenters. The summed E-state index contributed by atoms with van der Waals surface area (Å²) >= 11 is 0. The van der Waals surface area contributed by atoms with Gasteiger partial charge in [-0.3, -0.25) is 4.79 Å². The molecule has 0 fully saturated rings. The number of rotatable bonds is 8. The second-order valence-electron chi connectivity index (χ2n) is 3.97. The summed E-state index contributed by atoms with van der Waals surface area (Å²) in [5.74, 6) is 1.19. The molecule has 100 valence electrons. The van der Waals surface area contributed by atoms with Crippen LogP contribution in [-0.4, -0.2) is 26.3 Å². The Labute approximate surface area is 108 Å². The molecule has 0 atom stereocenters. The smallest absolute Gasteiger partial charge is 0.188 e. The Bertz CT molecular complexity index is 387. The summed E-state index contributed by atoms with van der Waals surface area (Å²) in [6.45, 7) is 4.39. The van der Waals surface area contributed by atoms with Gasteiger partial charge >= 0.3 is 0 Å². The first-order valence-corrected chi connectivity index (χ1v) is 6.08. The molecule has 0 radical (unpaired) electrons. The van der Waals surface area contributed by atoms with Crippen LogP contribution in [0.1, 0.15) is 37.0 Å². The molecule has 0 bridgehead atoms. The Kier molecular flexibility index (Phi) is 6.22. The number of ketones is 1. The van der Waals surface area contributed by atoms with Crippen molar-refractivity contribution < 1.29 is 19.0 Å². The topological polar surface area (TPSA) is 44.8 Å². The first-order chi connectivity index (χ1) is 8.69. The van der Waals surface area contributed by atoms with E-state index in [0.717, 1.165) is 12.8 Å². The number of hydrogen-bond donors (Lipinski definition) is 0. The van der Waals surface area contributed by atoms with Gasteiger partial charge in [0.15, 0.2) is 12.6 Å². The van der Waals surface area contributed by atoms with Crippen LogP contribution in [-0.2, 0) is 4.74 Å². The highest BCUT2D eigenvalue weighted by atomic mass is 16.7. The van der Waals surface area contributed by atoms with Crippen LogP contribution in [0.3, 0.4) is 0 Å². The maximum Gasteiger partial charge on any atom is 0.188 e. The summed E-state index contributed by atoms with van der Waals surface area (Å²) in [5.41, 5.74) is 0.580. The van der Waals surface area contributed by atoms with Crippen LogP contribution in [0.15, 0.2) is 18.2 Å². The second-order valence-corrected chi connectivity index (χ2v) is 3.97. The SMILES string of the molecule is CCCCOc1cc(OCOC)ccc1C(C)=O. The van der Waals surface area contributed by atoms with Crippen molar-refractivity contribution in [3.8, 4) is 11.5 Å². The number of carbonyl (C=O) groups excluding carboxylic acids is 1. The molecule has 1 aromatic rings. The zero-order chi connectivity index (χ0) is 13.4. The number of Topliss-reactive ketones (excluding diaryl/α,β-unsaturated/α-hetero) is 1. The highest BCUT2D eigenvalue weighted by molar-refractivity contribution is 5.97. The largest absolute Gasteiger partial charge is 0.493 e. The number of benzene rings is 1. The standard InChI is InChI=1S/C14H20O4/c1-4-5-8-17-14-9-12(18-10-16-3)6-7-13(14)11(2)15/h6-7,9H,4-5,8,10H2,1-3H3. The van der Waals surface area contributed by atoms with Crippen LogP contribution in [0.5, 0.6) is 11.5 Å². The van der Waals surface area contributed by atoms with Gasteiger partial charge < -0.3 is 14.2 Å². The van der Waals surface area contributed by atoms with Gasteiger partial charge in [0.1, 0.15) is 11.5 Å². The predicted molar refractivity (Wildman–Crippen MR) is 69.4 cm³/mol. The minimum Gasteiger partial charge on any atom is -0.493 e. The first kappa shape index (κ1) is 14.5. The van der Waals surface area contributed by atoms with Crippen molar-refractivity contribution >= 4 is 5.78 Å². The quantitative estimate of drug-likeness (QED) is 0.405. The van der Waals surface area contributed by atoms with Gasteiger partial charge in [0.05, 0.1) is 12.2 Å². The van der Waals surface area contributed by atoms with Gasteiger partial charge in [0, 0.05) is 13.2 Å². The average molecular weight is 252 g/mol. The molecule has 4 heteroatoms. The maximum absolute atomic E-state index is 11.5. The predicted octanol–water partition coefficient (Wildman–Crippen LogP) is 3.05. The van der Waals surface area contributed by atoms with Gasteiger partial charge in [-0.15, -0.1) is 0 Å². The van der Waals surface area contributed by atoms with E-state index >= 15 is 0 Å². The van der Waals surface area contributed by atoms with E-state index in [0.29, 0.717) is 23.7 Å². The van der Waals surface area contributed by atoms with Crippen molar-refractivity contribution in [2.45, 2.75) is 26.7 Å². The monoisotopic (exact) mass is 252 g/mol. The van der Waals surface area contributed by atoms with E-state index in [2.05, 4.69) is 6.92 Å². The lowest BCUT2D eigenvalue weighted by Crippen LogP contribution is -2.04. The number of ether oxygens (including phenoxy) is 3. The Balaban J connectivity index is 2.82. The molecule has 18 heavy (non-hydrogen) atoms. The molecule has 0 N–H and O–H groups in total. The number of unbranched alkanes of at least 4 members (excludes halogenated alkanes) is 1. The molecule has 0 aliphatic rings. The van der Waals surface area contributed by atoms with Crippen molar-refractivity contribution in [2.24, 2.45) is 0 Å². The third-order valence-electron chi connectivity index (χ3n) is 2.43. The fourth-order valence-electron chi connectivity index (χ4n) is 1.46. The zero-order valence-corrected chi connectivity index (χ0v) is 11.2. The van der Waals surface area contributed by atoms with Gasteiger partial charge in [0.25, 0.3) is 0 Å². The molecule has 0 spiro atoms. The molecule has 0 amide bonds. The minimum absolute atomic E-state index is 0.0141. The molecular weight excluding hydrogens is 232 g/mol. The summed E-state index contributed by atoms with van der Waals surface area (Å²) in [6, 6.07) is 5.18. The highest BCUT2D eigenvalue weighted by Crippen LogP contribution is 2.25. The molecule has 0 aliphatic carbocycles. The van der Waals surface area contributed by atoms with E-state index in [9.17, 15) is 4.79 Å². The molecule has 1 rings (SSSR count). The number of carbonyl (C=O) groups is 1. The van der Waals surface area contributed by atoms with Crippen molar-refractivity contribution in [3.63, 3.8) is 0 Å². The summed E-state index contributed by atoms with van der Waals surface area (Å²) in [6.07, 6.45) is 2.01. The molecule has 0 aliphatic heterocycles. The van der Waals surface area contributed by atoms with Crippen LogP contribution < -0.4 is 9.47 Å². The number of hydrogen-bond acceptors (Lipinski definition) is 4. The average Bonchev–Trinajstić information content (AvgIpc) is 2.36. The lowest BCUT2D eigenvalue weighted by Gasteiger charge is -2.12. The van der Waals surface area contributed by atoms with Gasteiger partial charge in [-0.1, -0.05) is 13.3 Å². The summed E-state index contributed by atoms with van der Waals surface area (Å²) in [5, 5.41) is 0. The lowest BCUT2D eigenvalue weighted by molar-refractivity contribution is 0.0509. The molecule has 1 aromatic carbocycles. The van der Waals surface area contributed by atoms with Crippen LogP contribution in [0.25, 0.3) is 0 Å². The zero-order valence-electron chi connectivity index (χ0n) is 11.2. The van der Waals surface area contributed by atoms with Gasteiger partial charge in [0.2, 0.25) is 0 Å². The van der Waals surface area contributed by atoms with Gasteiger partial charge in [-0.25, -0.2) is 0 Å². The van der Waals surface area contributed by atoms with E-state index in [1.54, 1.807) is 25.3 Å². The number of methoxy groups -OCH3 is 1. The molecule has 0 saturated carbocycles. The third kappa shape index (κ3) is 4.37. The summed E-state index contributed by atoms with van der Waals surface area (Å²) < 4.78 is 15.8. The van der Waals surface area contributed by atoms with Gasteiger partial charge in [-0.05, 0) is 25.5 Å². The Morgan fingerprint density at radius 2 is 2.06 bits per heavy atom. The van der Waals surface area contributed by atoms with Crippen molar-refractivity contribution in [1.82, 2.24) is 0 Å². The van der Waals surface area contributed by atoms with Crippen molar-refractivity contribution in [2.75, 3.05) is 20.5 Å². The lowest BCUT2D eigenvalue weighted by atomic mass is 10.1. The fraction of sp³-hybridized carbons (Fsp3) is 0.500. The molecule has 0 heterocycles. The Morgan fingerprint density at radius 1 is 1.28 bits per heavy atom. The van der Waals surface area contributed by atoms with E-state index in [-0.39, 0.29) is 12.6 Å². The van der Waals surface area contributed by atoms with Crippen molar-refractivity contribution in [3.05, 3.63) is 23.8 Å². The van der Waals surface area contributed by atoms with Crippen LogP contribution in [0.4, 0.5) is 0 Å². The summed E-state index contributed by atoms with van der Waals surface area (Å²) in [4.78, 5) is 11.5. The third-order valence-corrected chi connectivity index (χ3v) is 2.43. The van der Waals surface area contributed by atoms with Crippen LogP contribution in [0, 0.1) is 0 Å². The highest BCUT2D eigenvalue weighted by Gasteiger charge is 2.10. The van der Waals surface area contributed by atoms with Crippen LogP contribution >= 0.6 is 0 Å². The van der Waals surface area contributed by atoms with E-state index in [1.807, 2.05) is 0 Å². The van der Waals surface area contributed by atoms with E-state index in [1.165, 1.54) is 6.92 Å². The Hall–Kier alpha value is -1.55. The molecule has 4 nitrogen and oxygen atoms in total. The first-order valence-electron chi connectivity index (χ1n) is 6.08.